The van der Waals surface area contributed by atoms with Gasteiger partial charge in [-0.05, 0) is 63.6 Å². The number of methoxy groups -OCH3 is 1. The zero-order valence-corrected chi connectivity index (χ0v) is 23.7. The Morgan fingerprint density at radius 1 is 1.10 bits per heavy atom. The highest BCUT2D eigenvalue weighted by Crippen LogP contribution is 2.46. The predicted octanol–water partition coefficient (Wildman–Crippen LogP) is 3.46. The van der Waals surface area contributed by atoms with Gasteiger partial charge in [0.2, 0.25) is 21.8 Å². The Morgan fingerprint density at radius 2 is 1.88 bits per heavy atom. The fourth-order valence-corrected chi connectivity index (χ4v) is 6.89. The summed E-state index contributed by atoms with van der Waals surface area (Å²) in [5.74, 6) is 0.981. The Kier molecular flexibility index (Phi) is 7.24. The van der Waals surface area contributed by atoms with E-state index < -0.39 is 20.7 Å². The van der Waals surface area contributed by atoms with Gasteiger partial charge in [-0.3, -0.25) is 14.5 Å². The first-order chi connectivity index (χ1) is 19.8. The van der Waals surface area contributed by atoms with E-state index in [0.29, 0.717) is 55.3 Å². The molecule has 3 fully saturated rings. The molecule has 1 unspecified atom stereocenters. The number of aromatic nitrogens is 4. The van der Waals surface area contributed by atoms with Crippen LogP contribution in [-0.2, 0) is 25.0 Å². The molecule has 2 N–H and O–H groups in total. The van der Waals surface area contributed by atoms with Gasteiger partial charge in [0.15, 0.2) is 0 Å². The van der Waals surface area contributed by atoms with E-state index in [2.05, 4.69) is 30.0 Å². The lowest BCUT2D eigenvalue weighted by Crippen LogP contribution is -2.49. The smallest absolute Gasteiger partial charge is 0.238 e. The van der Waals surface area contributed by atoms with Crippen LogP contribution in [0.3, 0.4) is 0 Å². The quantitative estimate of drug-likeness (QED) is 0.364. The Bertz CT molecular complexity index is 1550. The summed E-state index contributed by atoms with van der Waals surface area (Å²) in [5, 5.41) is 2.64. The lowest BCUT2D eigenvalue weighted by molar-refractivity contribution is -0.129. The van der Waals surface area contributed by atoms with Crippen molar-refractivity contribution in [1.82, 2.24) is 19.9 Å². The van der Waals surface area contributed by atoms with Crippen molar-refractivity contribution in [3.8, 4) is 22.9 Å². The second-order valence-electron chi connectivity index (χ2n) is 10.6. The zero-order valence-electron chi connectivity index (χ0n) is 22.9. The number of hydrogen-bond acceptors (Lipinski definition) is 10. The predicted molar refractivity (Wildman–Crippen MR) is 150 cm³/mol. The maximum absolute atomic E-state index is 14.2. The Hall–Kier alpha value is -3.84. The zero-order chi connectivity index (χ0) is 28.6. The fourth-order valence-electron chi connectivity index (χ4n) is 5.56. The third-order valence-corrected chi connectivity index (χ3v) is 9.57. The van der Waals surface area contributed by atoms with E-state index in [1.807, 2.05) is 13.0 Å². The van der Waals surface area contributed by atoms with Crippen LogP contribution in [0.25, 0.3) is 11.3 Å². The van der Waals surface area contributed by atoms with Gasteiger partial charge in [-0.15, -0.1) is 0 Å². The molecule has 6 rings (SSSR count). The van der Waals surface area contributed by atoms with E-state index in [1.165, 1.54) is 19.4 Å². The molecule has 13 heteroatoms. The molecule has 1 aromatic carbocycles. The highest BCUT2D eigenvalue weighted by Gasteiger charge is 2.53. The first-order valence-electron chi connectivity index (χ1n) is 13.7. The molecular formula is C28H32N6O6S. The minimum atomic E-state index is -3.53. The third-order valence-electron chi connectivity index (χ3n) is 7.73. The molecule has 4 heterocycles. The average molecular weight is 581 g/mol. The Labute approximate surface area is 238 Å². The molecule has 41 heavy (non-hydrogen) atoms. The summed E-state index contributed by atoms with van der Waals surface area (Å²) in [7, 11) is -2.00. The van der Waals surface area contributed by atoms with Crippen LogP contribution in [0, 0.1) is 0 Å². The normalized spacial score (nSPS) is 23.6. The van der Waals surface area contributed by atoms with Crippen LogP contribution in [0.5, 0.6) is 11.6 Å². The lowest BCUT2D eigenvalue weighted by Gasteiger charge is -2.38. The molecule has 12 nitrogen and oxygen atoms in total. The average Bonchev–Trinajstić information content (AvgIpc) is 3.78. The number of nitrogens with one attached hydrogen (secondary N) is 2. The molecule has 1 amide bonds. The summed E-state index contributed by atoms with van der Waals surface area (Å²) in [5.41, 5.74) is 0.695. The number of carbonyl (C=O) groups is 1. The van der Waals surface area contributed by atoms with Crippen LogP contribution in [-0.4, -0.2) is 65.4 Å². The number of carbonyl (C=O) groups excluding carboxylic acids is 1. The molecular weight excluding hydrogens is 548 g/mol. The van der Waals surface area contributed by atoms with Crippen LogP contribution in [0.1, 0.15) is 51.3 Å². The van der Waals surface area contributed by atoms with Crippen molar-refractivity contribution in [3.05, 3.63) is 48.7 Å². The summed E-state index contributed by atoms with van der Waals surface area (Å²) in [6, 6.07) is 6.86. The monoisotopic (exact) mass is 580 g/mol. The van der Waals surface area contributed by atoms with Crippen LogP contribution < -0.4 is 19.5 Å². The van der Waals surface area contributed by atoms with E-state index >= 15 is 0 Å². The molecule has 0 spiro atoms. The Morgan fingerprint density at radius 3 is 2.59 bits per heavy atom. The van der Waals surface area contributed by atoms with Crippen molar-refractivity contribution in [2.24, 2.45) is 0 Å². The molecule has 1 aliphatic carbocycles. The number of amides is 1. The van der Waals surface area contributed by atoms with E-state index in [-0.39, 0.29) is 29.8 Å². The van der Waals surface area contributed by atoms with Crippen LogP contribution in [0.4, 0.5) is 11.5 Å². The largest absolute Gasteiger partial charge is 0.495 e. The number of nitrogens with zero attached hydrogens (tertiary/aromatic N) is 4. The number of hydrogen-bond donors (Lipinski definition) is 2. The van der Waals surface area contributed by atoms with Crippen LogP contribution in [0.15, 0.2) is 42.9 Å². The lowest BCUT2D eigenvalue weighted by atomic mass is 9.75. The summed E-state index contributed by atoms with van der Waals surface area (Å²) in [6.45, 7) is 2.35. The summed E-state index contributed by atoms with van der Waals surface area (Å²) < 4.78 is 44.9. The van der Waals surface area contributed by atoms with Crippen molar-refractivity contribution in [1.29, 1.82) is 0 Å². The number of rotatable bonds is 10. The minimum Gasteiger partial charge on any atom is -0.495 e. The maximum Gasteiger partial charge on any atom is 0.238 e. The number of ether oxygens (including phenoxy) is 3. The van der Waals surface area contributed by atoms with Gasteiger partial charge in [0, 0.05) is 11.8 Å². The summed E-state index contributed by atoms with van der Waals surface area (Å²) >= 11 is 0. The fraction of sp³-hybridized carbons (Fsp3) is 0.464. The van der Waals surface area contributed by atoms with Crippen molar-refractivity contribution in [3.63, 3.8) is 0 Å². The topological polar surface area (TPSA) is 155 Å². The van der Waals surface area contributed by atoms with Crippen LogP contribution in [0.2, 0.25) is 0 Å². The molecule has 2 aliphatic heterocycles. The van der Waals surface area contributed by atoms with Crippen molar-refractivity contribution in [2.75, 3.05) is 23.8 Å². The SMILES string of the molecule is CCOc1cncc(-c2ccc(NC(=O)C3(c4nccc(NS(=O)(=O)C5CC5)n4)C[C@H]4CC[C@@H](C3)O4)c(OC)c2)n1. The number of anilines is 2. The molecule has 3 aromatic rings. The molecule has 1 saturated carbocycles. The molecule has 2 saturated heterocycles. The second kappa shape index (κ2) is 10.9. The first kappa shape index (κ1) is 27.3. The molecule has 216 valence electrons. The third kappa shape index (κ3) is 5.55. The molecule has 0 radical (unpaired) electrons. The van der Waals surface area contributed by atoms with Crippen molar-refractivity contribution < 1.29 is 27.4 Å². The summed E-state index contributed by atoms with van der Waals surface area (Å²) in [4.78, 5) is 31.9. The number of benzene rings is 1. The Balaban J connectivity index is 1.31. The van der Waals surface area contributed by atoms with Gasteiger partial charge in [-0.25, -0.2) is 23.4 Å². The highest BCUT2D eigenvalue weighted by atomic mass is 32.2. The highest BCUT2D eigenvalue weighted by molar-refractivity contribution is 7.93. The van der Waals surface area contributed by atoms with Gasteiger partial charge in [-0.1, -0.05) is 6.07 Å². The van der Waals surface area contributed by atoms with Crippen LogP contribution >= 0.6 is 0 Å². The van der Waals surface area contributed by atoms with Gasteiger partial charge in [0.1, 0.15) is 22.8 Å². The van der Waals surface area contributed by atoms with Crippen molar-refractivity contribution in [2.45, 2.75) is 68.3 Å². The molecule has 3 aliphatic rings. The van der Waals surface area contributed by atoms with Gasteiger partial charge in [0.25, 0.3) is 0 Å². The number of sulfonamides is 1. The van der Waals surface area contributed by atoms with Gasteiger partial charge < -0.3 is 19.5 Å². The minimum absolute atomic E-state index is 0.115. The van der Waals surface area contributed by atoms with Gasteiger partial charge >= 0.3 is 0 Å². The second-order valence-corrected chi connectivity index (χ2v) is 12.6. The van der Waals surface area contributed by atoms with E-state index in [1.54, 1.807) is 24.5 Å². The maximum atomic E-state index is 14.2. The molecule has 3 atom stereocenters. The summed E-state index contributed by atoms with van der Waals surface area (Å²) in [6.07, 6.45) is 8.15. The van der Waals surface area contributed by atoms with Gasteiger partial charge in [0.05, 0.1) is 54.9 Å². The van der Waals surface area contributed by atoms with E-state index in [0.717, 1.165) is 18.4 Å². The van der Waals surface area contributed by atoms with E-state index in [4.69, 9.17) is 14.2 Å². The number of fused-ring (bicyclic) bond motifs is 2. The molecule has 2 aromatic heterocycles. The first-order valence-corrected chi connectivity index (χ1v) is 15.3. The van der Waals surface area contributed by atoms with E-state index in [9.17, 15) is 13.2 Å². The molecule has 2 bridgehead atoms. The van der Waals surface area contributed by atoms with Crippen molar-refractivity contribution >= 4 is 27.4 Å². The van der Waals surface area contributed by atoms with Gasteiger partial charge in [-0.2, -0.15) is 0 Å². The standard InChI is InChI=1S/C28H32N6O6S/c1-3-39-25-16-29-15-22(31-25)17-4-9-21(23(12-17)38-2)32-27(35)28(13-18-5-6-19(14-28)40-18)26-30-11-10-24(33-26)34-41(36,37)20-7-8-20/h4,9-12,15-16,18-20H,3,5-8,13-14H2,1-2H3,(H,32,35)(H,30,33,34)/t18-,19+,28?.